The number of nitrogens with two attached hydrogens (primary N) is 1. The molecular weight excluding hydrogens is 760 g/mol. The highest BCUT2D eigenvalue weighted by Gasteiger charge is 2.30. The van der Waals surface area contributed by atoms with Gasteiger partial charge in [-0.15, -0.1) is 0 Å². The van der Waals surface area contributed by atoms with Crippen LogP contribution in [0.5, 0.6) is 5.75 Å². The van der Waals surface area contributed by atoms with Gasteiger partial charge in [-0.2, -0.15) is 15.0 Å². The van der Waals surface area contributed by atoms with Crippen LogP contribution >= 0.6 is 0 Å². The molecule has 0 spiro atoms. The molecule has 2 aromatic heterocycles. The van der Waals surface area contributed by atoms with E-state index in [1.54, 1.807) is 18.5 Å². The Morgan fingerprint density at radius 2 is 1.62 bits per heavy atom. The molecule has 4 aliphatic heterocycles. The predicted molar refractivity (Wildman–Crippen MR) is 229 cm³/mol. The highest BCUT2D eigenvalue weighted by Crippen LogP contribution is 2.38. The van der Waals surface area contributed by atoms with Crippen molar-refractivity contribution in [2.45, 2.75) is 70.7 Å². The molecule has 3 fully saturated rings. The summed E-state index contributed by atoms with van der Waals surface area (Å²) in [5.41, 5.74) is 14.4. The molecule has 60 heavy (non-hydrogen) atoms. The fourth-order valence-corrected chi connectivity index (χ4v) is 9.47. The number of carbonyl (C=O) groups excluding carboxylic acids is 2. The van der Waals surface area contributed by atoms with E-state index in [9.17, 15) is 14.0 Å². The standard InChI is InChI=1S/C46H53FN10O3/c1-30(39-24-35(47)5-11-42(39)57-50-17-18-51-57)60-43-23-34(25-49-45(43)48)38-4-2-3-33-28-55(29-40(33)38)27-31-13-19-54(20-14-31)26-32-15-21-56(22-16-32)37-8-6-36(7-9-37)52-41-10-12-44(58)53-46(41)59/h2-9,11,17-18,23-25,30-32,41,52H,10,12-16,19-22,26-29H2,1H3,(H2,48,49)(H,53,58,59)/t30-,41?/m1/s1. The van der Waals surface area contributed by atoms with Gasteiger partial charge < -0.3 is 25.6 Å². The van der Waals surface area contributed by atoms with Gasteiger partial charge in [0, 0.05) is 74.4 Å². The molecule has 1 unspecified atom stereocenters. The summed E-state index contributed by atoms with van der Waals surface area (Å²) in [6.07, 6.45) is 10.1. The van der Waals surface area contributed by atoms with Gasteiger partial charge in [0.2, 0.25) is 11.8 Å². The number of nitrogen functional groups attached to an aromatic ring is 1. The van der Waals surface area contributed by atoms with Gasteiger partial charge in [0.25, 0.3) is 0 Å². The molecule has 9 rings (SSSR count). The number of halogens is 1. The number of imide groups is 1. The smallest absolute Gasteiger partial charge is 0.249 e. The van der Waals surface area contributed by atoms with Gasteiger partial charge >= 0.3 is 0 Å². The van der Waals surface area contributed by atoms with Crippen LogP contribution in [-0.4, -0.2) is 86.9 Å². The lowest BCUT2D eigenvalue weighted by atomic mass is 9.92. The molecule has 0 aliphatic carbocycles. The van der Waals surface area contributed by atoms with Crippen molar-refractivity contribution >= 4 is 29.0 Å². The molecule has 14 heteroatoms. The number of carbonyl (C=O) groups is 2. The topological polar surface area (TPSA) is 147 Å². The minimum Gasteiger partial charge on any atom is -0.482 e. The zero-order valence-electron chi connectivity index (χ0n) is 34.1. The van der Waals surface area contributed by atoms with Gasteiger partial charge in [-0.1, -0.05) is 18.2 Å². The van der Waals surface area contributed by atoms with E-state index in [1.165, 1.54) is 66.0 Å². The summed E-state index contributed by atoms with van der Waals surface area (Å²) in [6.45, 7) is 10.4. The van der Waals surface area contributed by atoms with E-state index in [2.05, 4.69) is 70.8 Å². The van der Waals surface area contributed by atoms with E-state index in [0.29, 0.717) is 41.7 Å². The molecule has 0 radical (unpaired) electrons. The summed E-state index contributed by atoms with van der Waals surface area (Å²) in [5.74, 6) is 1.30. The number of likely N-dealkylation sites (tertiary alicyclic amines) is 1. The number of ether oxygens (including phenoxy) is 1. The Balaban J connectivity index is 0.746. The molecule has 4 aliphatic rings. The first-order chi connectivity index (χ1) is 29.2. The maximum atomic E-state index is 14.4. The van der Waals surface area contributed by atoms with E-state index < -0.39 is 6.10 Å². The van der Waals surface area contributed by atoms with E-state index >= 15 is 0 Å². The first kappa shape index (κ1) is 39.6. The number of aromatic nitrogens is 4. The van der Waals surface area contributed by atoms with Crippen molar-refractivity contribution in [2.24, 2.45) is 11.8 Å². The number of benzene rings is 3. The van der Waals surface area contributed by atoms with Crippen molar-refractivity contribution < 1.29 is 18.7 Å². The minimum absolute atomic E-state index is 0.199. The van der Waals surface area contributed by atoms with Crippen molar-refractivity contribution in [3.05, 3.63) is 108 Å². The number of rotatable bonds is 12. The summed E-state index contributed by atoms with van der Waals surface area (Å²) in [4.78, 5) is 37.4. The van der Waals surface area contributed by atoms with E-state index in [0.717, 1.165) is 62.6 Å². The molecule has 6 heterocycles. The average Bonchev–Trinajstić information content (AvgIpc) is 3.95. The van der Waals surface area contributed by atoms with Gasteiger partial charge in [0.05, 0.1) is 18.1 Å². The third kappa shape index (κ3) is 8.85. The van der Waals surface area contributed by atoms with Crippen molar-refractivity contribution in [1.82, 2.24) is 35.1 Å². The highest BCUT2D eigenvalue weighted by molar-refractivity contribution is 6.01. The van der Waals surface area contributed by atoms with Crippen molar-refractivity contribution in [2.75, 3.05) is 55.2 Å². The third-order valence-electron chi connectivity index (χ3n) is 12.8. The van der Waals surface area contributed by atoms with Gasteiger partial charge in [0.15, 0.2) is 11.6 Å². The Hall–Kier alpha value is -5.86. The summed E-state index contributed by atoms with van der Waals surface area (Å²) < 4.78 is 20.8. The van der Waals surface area contributed by atoms with Crippen LogP contribution in [0, 0.1) is 17.7 Å². The number of hydrogen-bond donors (Lipinski definition) is 3. The first-order valence-electron chi connectivity index (χ1n) is 21.3. The van der Waals surface area contributed by atoms with Crippen LogP contribution in [0.3, 0.4) is 0 Å². The maximum Gasteiger partial charge on any atom is 0.249 e. The highest BCUT2D eigenvalue weighted by atomic mass is 19.1. The summed E-state index contributed by atoms with van der Waals surface area (Å²) in [5, 5.41) is 14.2. The zero-order valence-corrected chi connectivity index (χ0v) is 34.1. The molecular formula is C46H53FN10O3. The van der Waals surface area contributed by atoms with Crippen molar-refractivity contribution in [3.63, 3.8) is 0 Å². The van der Waals surface area contributed by atoms with E-state index in [-0.39, 0.29) is 29.5 Å². The van der Waals surface area contributed by atoms with Crippen LogP contribution in [0.15, 0.2) is 85.3 Å². The molecule has 5 aromatic rings. The monoisotopic (exact) mass is 812 g/mol. The summed E-state index contributed by atoms with van der Waals surface area (Å²) >= 11 is 0. The largest absolute Gasteiger partial charge is 0.482 e. The number of anilines is 3. The van der Waals surface area contributed by atoms with E-state index in [4.69, 9.17) is 10.5 Å². The molecule has 2 amide bonds. The Kier molecular flexibility index (Phi) is 11.5. The normalized spacial score (nSPS) is 19.9. The predicted octanol–water partition coefficient (Wildman–Crippen LogP) is 6.35. The fraction of sp³-hybridized carbons (Fsp3) is 0.413. The number of amides is 2. The van der Waals surface area contributed by atoms with Gasteiger partial charge in [-0.3, -0.25) is 19.8 Å². The number of fused-ring (bicyclic) bond motifs is 1. The van der Waals surface area contributed by atoms with Crippen molar-refractivity contribution in [3.8, 4) is 22.6 Å². The second kappa shape index (κ2) is 17.4. The molecule has 0 bridgehead atoms. The molecule has 13 nitrogen and oxygen atoms in total. The second-order valence-corrected chi connectivity index (χ2v) is 16.9. The SMILES string of the molecule is C[C@@H](Oc1cc(-c2cccc3c2CN(CC2CCN(CC4CCN(c5ccc(NC6CCC(=O)NC6=O)cc5)CC4)CC2)C3)cnc1N)c1cc(F)ccc1-n1nccn1. The third-order valence-corrected chi connectivity index (χ3v) is 12.8. The Labute approximate surface area is 350 Å². The molecule has 312 valence electrons. The molecule has 3 saturated heterocycles. The molecule has 4 N–H and O–H groups in total. The molecule has 2 atom stereocenters. The summed E-state index contributed by atoms with van der Waals surface area (Å²) in [6, 6.07) is 20.9. The van der Waals surface area contributed by atoms with Gasteiger partial charge in [0.1, 0.15) is 18.0 Å². The van der Waals surface area contributed by atoms with Crippen LogP contribution in [0.25, 0.3) is 16.8 Å². The molecule has 3 aromatic carbocycles. The average molecular weight is 813 g/mol. The first-order valence-corrected chi connectivity index (χ1v) is 21.3. The van der Waals surface area contributed by atoms with Crippen LogP contribution in [-0.2, 0) is 22.7 Å². The zero-order chi connectivity index (χ0) is 41.2. The van der Waals surface area contributed by atoms with E-state index in [1.807, 2.05) is 31.3 Å². The fourth-order valence-electron chi connectivity index (χ4n) is 9.47. The lowest BCUT2D eigenvalue weighted by Gasteiger charge is -2.39. The lowest BCUT2D eigenvalue weighted by Crippen LogP contribution is -2.47. The van der Waals surface area contributed by atoms with Crippen LogP contribution in [0.1, 0.15) is 68.2 Å². The number of piperidine rings is 3. The van der Waals surface area contributed by atoms with Gasteiger partial charge in [-0.25, -0.2) is 9.37 Å². The maximum absolute atomic E-state index is 14.4. The van der Waals surface area contributed by atoms with Crippen molar-refractivity contribution in [1.29, 1.82) is 0 Å². The van der Waals surface area contributed by atoms with Crippen LogP contribution in [0.2, 0.25) is 0 Å². The van der Waals surface area contributed by atoms with Crippen LogP contribution in [0.4, 0.5) is 21.6 Å². The molecule has 0 saturated carbocycles. The lowest BCUT2D eigenvalue weighted by molar-refractivity contribution is -0.133. The van der Waals surface area contributed by atoms with Crippen LogP contribution < -0.4 is 26.0 Å². The number of nitrogens with one attached hydrogen (secondary N) is 2. The Bertz CT molecular complexity index is 2310. The number of pyridine rings is 1. The summed E-state index contributed by atoms with van der Waals surface area (Å²) in [7, 11) is 0. The second-order valence-electron chi connectivity index (χ2n) is 16.9. The quantitative estimate of drug-likeness (QED) is 0.121. The Morgan fingerprint density at radius 1 is 0.883 bits per heavy atom. The minimum atomic E-state index is -0.549. The number of hydrogen-bond acceptors (Lipinski definition) is 11. The number of nitrogens with zero attached hydrogens (tertiary/aromatic N) is 7. The van der Waals surface area contributed by atoms with Gasteiger partial charge in [-0.05, 0) is 129 Å². The Morgan fingerprint density at radius 3 is 2.37 bits per heavy atom.